The third-order valence-electron chi connectivity index (χ3n) is 5.33. The topological polar surface area (TPSA) is 48.5 Å². The Bertz CT molecular complexity index is 757. The molecule has 1 amide bonds. The molecule has 2 saturated heterocycles. The molecule has 6 heteroatoms. The summed E-state index contributed by atoms with van der Waals surface area (Å²) in [6.45, 7) is 2.17. The fourth-order valence-corrected chi connectivity index (χ4v) is 4.58. The summed E-state index contributed by atoms with van der Waals surface area (Å²) in [5.74, 6) is -0.0252. The molecule has 1 N–H and O–H groups in total. The highest BCUT2D eigenvalue weighted by molar-refractivity contribution is 7.13. The molecular weight excluding hydrogens is 320 g/mol. The molecule has 2 aliphatic rings. The molecule has 1 unspecified atom stereocenters. The van der Waals surface area contributed by atoms with Gasteiger partial charge in [-0.05, 0) is 62.0 Å². The molecule has 24 heavy (non-hydrogen) atoms. The Kier molecular flexibility index (Phi) is 4.18. The lowest BCUT2D eigenvalue weighted by atomic mass is 10.00. The van der Waals surface area contributed by atoms with Gasteiger partial charge in [0, 0.05) is 43.8 Å². The molecule has 0 radical (unpaired) electrons. The smallest absolute Gasteiger partial charge is 0.271 e. The SMILES string of the molecule is CN(C)c1ccc2c(C(=O)N[C@H]3CCCC4CCN4C3)nsc2c1. The summed E-state index contributed by atoms with van der Waals surface area (Å²) < 4.78 is 5.49. The molecule has 4 rings (SSSR count). The summed E-state index contributed by atoms with van der Waals surface area (Å²) in [6.07, 6.45) is 4.88. The van der Waals surface area contributed by atoms with E-state index in [0.717, 1.165) is 34.8 Å². The van der Waals surface area contributed by atoms with Crippen molar-refractivity contribution < 1.29 is 4.79 Å². The van der Waals surface area contributed by atoms with Crippen LogP contribution in [-0.2, 0) is 0 Å². The number of carbonyl (C=O) groups excluding carboxylic acids is 1. The number of anilines is 1. The molecule has 0 spiro atoms. The number of benzene rings is 1. The van der Waals surface area contributed by atoms with Crippen LogP contribution in [0.3, 0.4) is 0 Å². The molecule has 128 valence electrons. The van der Waals surface area contributed by atoms with Crippen LogP contribution in [0.15, 0.2) is 18.2 Å². The predicted molar refractivity (Wildman–Crippen MR) is 99.0 cm³/mol. The van der Waals surface area contributed by atoms with Crippen LogP contribution in [0, 0.1) is 0 Å². The lowest BCUT2D eigenvalue weighted by Crippen LogP contribution is -2.52. The Morgan fingerprint density at radius 3 is 2.96 bits per heavy atom. The van der Waals surface area contributed by atoms with Gasteiger partial charge in [0.05, 0.1) is 4.70 Å². The second-order valence-electron chi connectivity index (χ2n) is 7.14. The van der Waals surface area contributed by atoms with Crippen molar-refractivity contribution in [3.8, 4) is 0 Å². The number of amides is 1. The zero-order chi connectivity index (χ0) is 16.7. The normalized spacial score (nSPS) is 24.1. The van der Waals surface area contributed by atoms with Crippen molar-refractivity contribution in [2.45, 2.75) is 37.8 Å². The van der Waals surface area contributed by atoms with E-state index in [4.69, 9.17) is 0 Å². The van der Waals surface area contributed by atoms with E-state index in [-0.39, 0.29) is 11.9 Å². The van der Waals surface area contributed by atoms with Gasteiger partial charge in [0.25, 0.3) is 5.91 Å². The van der Waals surface area contributed by atoms with Crippen molar-refractivity contribution in [1.82, 2.24) is 14.6 Å². The van der Waals surface area contributed by atoms with E-state index in [2.05, 4.69) is 25.6 Å². The fraction of sp³-hybridized carbons (Fsp3) is 0.556. The minimum absolute atomic E-state index is 0.0252. The summed E-state index contributed by atoms with van der Waals surface area (Å²) in [7, 11) is 4.04. The molecule has 2 aliphatic heterocycles. The Hall–Kier alpha value is -1.66. The molecule has 1 aromatic heterocycles. The molecule has 2 aromatic rings. The van der Waals surface area contributed by atoms with Crippen molar-refractivity contribution in [3.63, 3.8) is 0 Å². The van der Waals surface area contributed by atoms with Gasteiger partial charge in [0.2, 0.25) is 0 Å². The van der Waals surface area contributed by atoms with Crippen LogP contribution in [-0.4, -0.2) is 54.4 Å². The van der Waals surface area contributed by atoms with E-state index in [1.165, 1.54) is 37.3 Å². The number of hydrogen-bond donors (Lipinski definition) is 1. The van der Waals surface area contributed by atoms with Crippen molar-refractivity contribution in [2.24, 2.45) is 0 Å². The molecule has 5 nitrogen and oxygen atoms in total. The monoisotopic (exact) mass is 344 g/mol. The number of rotatable bonds is 3. The predicted octanol–water partition coefficient (Wildman–Crippen LogP) is 2.72. The van der Waals surface area contributed by atoms with Crippen LogP contribution in [0.2, 0.25) is 0 Å². The second-order valence-corrected chi connectivity index (χ2v) is 7.95. The van der Waals surface area contributed by atoms with Crippen molar-refractivity contribution in [2.75, 3.05) is 32.1 Å². The number of hydrogen-bond acceptors (Lipinski definition) is 5. The number of fused-ring (bicyclic) bond motifs is 2. The summed E-state index contributed by atoms with van der Waals surface area (Å²) >= 11 is 1.40. The van der Waals surface area contributed by atoms with Crippen LogP contribution in [0.1, 0.15) is 36.2 Å². The van der Waals surface area contributed by atoms with Crippen LogP contribution >= 0.6 is 11.5 Å². The first-order chi connectivity index (χ1) is 11.6. The molecule has 2 fully saturated rings. The first-order valence-electron chi connectivity index (χ1n) is 8.73. The van der Waals surface area contributed by atoms with Gasteiger partial charge in [-0.3, -0.25) is 9.69 Å². The Morgan fingerprint density at radius 2 is 2.21 bits per heavy atom. The Morgan fingerprint density at radius 1 is 1.33 bits per heavy atom. The quantitative estimate of drug-likeness (QED) is 0.930. The van der Waals surface area contributed by atoms with Gasteiger partial charge in [-0.2, -0.15) is 4.37 Å². The standard InChI is InChI=1S/C18H24N4OS/c1-21(2)14-6-7-15-16(10-14)24-20-17(15)18(23)19-12-4-3-5-13-8-9-22(13)11-12/h6-7,10,12-13H,3-5,8-9,11H2,1-2H3,(H,19,23)/t12-,13?/m0/s1. The second kappa shape index (κ2) is 6.33. The molecule has 3 heterocycles. The minimum Gasteiger partial charge on any atom is -0.378 e. The first-order valence-corrected chi connectivity index (χ1v) is 9.51. The highest BCUT2D eigenvalue weighted by Crippen LogP contribution is 2.29. The maximum Gasteiger partial charge on any atom is 0.271 e. The molecule has 0 saturated carbocycles. The largest absolute Gasteiger partial charge is 0.378 e. The highest BCUT2D eigenvalue weighted by atomic mass is 32.1. The lowest BCUT2D eigenvalue weighted by molar-refractivity contribution is 0.0787. The lowest BCUT2D eigenvalue weighted by Gasteiger charge is -2.40. The Labute approximate surface area is 146 Å². The number of carbonyl (C=O) groups is 1. The number of aromatic nitrogens is 1. The maximum atomic E-state index is 12.7. The number of nitrogens with zero attached hydrogens (tertiary/aromatic N) is 3. The van der Waals surface area contributed by atoms with E-state index in [1.54, 1.807) is 0 Å². The third kappa shape index (κ3) is 2.89. The van der Waals surface area contributed by atoms with Crippen molar-refractivity contribution in [3.05, 3.63) is 23.9 Å². The van der Waals surface area contributed by atoms with Gasteiger partial charge in [0.15, 0.2) is 0 Å². The number of nitrogens with one attached hydrogen (secondary N) is 1. The van der Waals surface area contributed by atoms with Crippen LogP contribution < -0.4 is 10.2 Å². The molecule has 1 aromatic carbocycles. The van der Waals surface area contributed by atoms with Gasteiger partial charge in [-0.25, -0.2) is 0 Å². The van der Waals surface area contributed by atoms with Crippen LogP contribution in [0.5, 0.6) is 0 Å². The van der Waals surface area contributed by atoms with E-state index < -0.39 is 0 Å². The van der Waals surface area contributed by atoms with Crippen molar-refractivity contribution >= 4 is 33.2 Å². The highest BCUT2D eigenvalue weighted by Gasteiger charge is 2.33. The summed E-state index contributed by atoms with van der Waals surface area (Å²) in [5.41, 5.74) is 1.70. The molecular formula is C18H24N4OS. The summed E-state index contributed by atoms with van der Waals surface area (Å²) in [5, 5.41) is 4.19. The van der Waals surface area contributed by atoms with Crippen LogP contribution in [0.25, 0.3) is 10.1 Å². The van der Waals surface area contributed by atoms with Gasteiger partial charge in [-0.1, -0.05) is 0 Å². The minimum atomic E-state index is -0.0252. The third-order valence-corrected chi connectivity index (χ3v) is 6.14. The van der Waals surface area contributed by atoms with Gasteiger partial charge in [-0.15, -0.1) is 0 Å². The summed E-state index contributed by atoms with van der Waals surface area (Å²) in [4.78, 5) is 17.3. The molecule has 0 aliphatic carbocycles. The van der Waals surface area contributed by atoms with E-state index in [9.17, 15) is 4.79 Å². The first kappa shape index (κ1) is 15.8. The average molecular weight is 344 g/mol. The van der Waals surface area contributed by atoms with Crippen LogP contribution in [0.4, 0.5) is 5.69 Å². The maximum absolute atomic E-state index is 12.7. The summed E-state index contributed by atoms with van der Waals surface area (Å²) in [6, 6.07) is 7.17. The Balaban J connectivity index is 1.50. The fourth-order valence-electron chi connectivity index (χ4n) is 3.78. The van der Waals surface area contributed by atoms with E-state index >= 15 is 0 Å². The van der Waals surface area contributed by atoms with E-state index in [0.29, 0.717) is 5.69 Å². The van der Waals surface area contributed by atoms with E-state index in [1.807, 2.05) is 26.2 Å². The molecule has 2 atom stereocenters. The zero-order valence-electron chi connectivity index (χ0n) is 14.3. The van der Waals surface area contributed by atoms with Crippen molar-refractivity contribution in [1.29, 1.82) is 0 Å². The van der Waals surface area contributed by atoms with Gasteiger partial charge in [0.1, 0.15) is 5.69 Å². The average Bonchev–Trinajstić information content (AvgIpc) is 2.92. The molecule has 0 bridgehead atoms. The van der Waals surface area contributed by atoms with Gasteiger partial charge < -0.3 is 10.2 Å². The zero-order valence-corrected chi connectivity index (χ0v) is 15.1. The van der Waals surface area contributed by atoms with Gasteiger partial charge >= 0.3 is 0 Å².